The first kappa shape index (κ1) is 37.6. The fourth-order valence-corrected chi connectivity index (χ4v) is 9.63. The van der Waals surface area contributed by atoms with Crippen LogP contribution in [0.25, 0.3) is 32.9 Å². The van der Waals surface area contributed by atoms with E-state index in [2.05, 4.69) is 26.1 Å². The number of nitrogens with zero attached hydrogens (tertiary/aromatic N) is 6. The first-order chi connectivity index (χ1) is 27.2. The van der Waals surface area contributed by atoms with Crippen LogP contribution in [-0.4, -0.2) is 114 Å². The standard InChI is InChI=1S/C41H42F5N7O4/c1-4-28-30(42)6-5-21-12-27(54)13-29(31(21)28)34-33(43)35-32(37(48-34)56-3)36(50-39(49-35)57-20-40(7-8-40)18-52-14-23-9-24(23)15-52)53-16-25-10-22(11-26(17-53)47-25)38(55)51(2)19-41(44,45)46/h1,5-6,12-13,22-26,47,54H,7-11,14-20H2,2-3H3/p+1. The number of phenolic OH excluding ortho intramolecular Hbond substituents is 1. The van der Waals surface area contributed by atoms with E-state index in [4.69, 9.17) is 20.9 Å². The van der Waals surface area contributed by atoms with Crippen molar-refractivity contribution in [2.24, 2.45) is 23.2 Å². The molecule has 3 aliphatic heterocycles. The Kier molecular flexibility index (Phi) is 9.11. The number of ether oxygens (including phenoxy) is 2. The zero-order valence-electron chi connectivity index (χ0n) is 31.6. The number of aromatic hydroxyl groups is 1. The second-order valence-electron chi connectivity index (χ2n) is 16.8. The lowest BCUT2D eigenvalue weighted by molar-refractivity contribution is -0.733. The summed E-state index contributed by atoms with van der Waals surface area (Å²) in [5, 5.41) is 13.6. The van der Waals surface area contributed by atoms with Crippen molar-refractivity contribution in [1.82, 2.24) is 24.8 Å². The Morgan fingerprint density at radius 2 is 1.77 bits per heavy atom. The number of amides is 1. The highest BCUT2D eigenvalue weighted by Crippen LogP contribution is 2.51. The molecule has 4 atom stereocenters. The van der Waals surface area contributed by atoms with Gasteiger partial charge in [0.2, 0.25) is 11.8 Å². The molecule has 16 heteroatoms. The molecule has 300 valence electrons. The molecular weight excluding hydrogens is 749 g/mol. The molecule has 57 heavy (non-hydrogen) atoms. The Balaban J connectivity index is 1.10. The number of carbonyl (C=O) groups is 1. The van der Waals surface area contributed by atoms with Crippen LogP contribution in [0, 0.1) is 47.1 Å². The average molecular weight is 793 g/mol. The Morgan fingerprint density at radius 3 is 2.42 bits per heavy atom. The number of nitrogens with two attached hydrogens (primary N) is 1. The lowest BCUT2D eigenvalue weighted by atomic mass is 9.84. The van der Waals surface area contributed by atoms with Crippen molar-refractivity contribution in [1.29, 1.82) is 0 Å². The van der Waals surface area contributed by atoms with Crippen molar-refractivity contribution in [3.63, 3.8) is 0 Å². The number of pyridine rings is 1. The molecule has 11 nitrogen and oxygen atoms in total. The summed E-state index contributed by atoms with van der Waals surface area (Å²) in [6, 6.07) is 4.87. The number of benzene rings is 2. The van der Waals surface area contributed by atoms with Gasteiger partial charge in [0.25, 0.3) is 0 Å². The van der Waals surface area contributed by atoms with Crippen molar-refractivity contribution in [3.05, 3.63) is 41.5 Å². The van der Waals surface area contributed by atoms with Gasteiger partial charge in [-0.1, -0.05) is 12.0 Å². The van der Waals surface area contributed by atoms with E-state index in [9.17, 15) is 23.1 Å². The summed E-state index contributed by atoms with van der Waals surface area (Å²) in [6.07, 6.45) is 5.19. The molecule has 2 aromatic carbocycles. The summed E-state index contributed by atoms with van der Waals surface area (Å²) in [5.74, 6) is 1.27. The molecule has 4 aromatic rings. The Bertz CT molecular complexity index is 2310. The minimum atomic E-state index is -4.50. The number of hydrogen-bond acceptors (Lipinski definition) is 9. The number of piperidine rings is 2. The van der Waals surface area contributed by atoms with E-state index in [0.717, 1.165) is 49.2 Å². The maximum atomic E-state index is 17.3. The van der Waals surface area contributed by atoms with Gasteiger partial charge in [0.15, 0.2) is 5.82 Å². The highest BCUT2D eigenvalue weighted by Gasteiger charge is 2.51. The number of terminal acetylenes is 1. The third-order valence-corrected chi connectivity index (χ3v) is 12.5. The van der Waals surface area contributed by atoms with Gasteiger partial charge in [-0.2, -0.15) is 23.1 Å². The van der Waals surface area contributed by atoms with Gasteiger partial charge in [-0.3, -0.25) is 4.79 Å². The minimum Gasteiger partial charge on any atom is -0.508 e. The predicted molar refractivity (Wildman–Crippen MR) is 200 cm³/mol. The topological polar surface area (TPSA) is 121 Å². The molecule has 0 radical (unpaired) electrons. The third kappa shape index (κ3) is 7.13. The van der Waals surface area contributed by atoms with E-state index in [1.165, 1.54) is 44.8 Å². The molecule has 2 aliphatic carbocycles. The third-order valence-electron chi connectivity index (χ3n) is 12.5. The molecule has 3 N–H and O–H groups in total. The first-order valence-electron chi connectivity index (χ1n) is 19.4. The van der Waals surface area contributed by atoms with Crippen molar-refractivity contribution >= 4 is 33.4 Å². The second-order valence-corrected chi connectivity index (χ2v) is 16.8. The number of phenols is 1. The van der Waals surface area contributed by atoms with Crippen molar-refractivity contribution in [2.75, 3.05) is 64.9 Å². The highest BCUT2D eigenvalue weighted by molar-refractivity contribution is 6.04. The number of methoxy groups -OCH3 is 1. The first-order valence-corrected chi connectivity index (χ1v) is 19.4. The number of halogens is 5. The summed E-state index contributed by atoms with van der Waals surface area (Å²) in [6.45, 7) is 2.78. The van der Waals surface area contributed by atoms with Gasteiger partial charge in [-0.05, 0) is 54.7 Å². The van der Waals surface area contributed by atoms with E-state index in [1.54, 1.807) is 0 Å². The van der Waals surface area contributed by atoms with E-state index >= 15 is 8.78 Å². The number of aromatic nitrogens is 3. The number of quaternary nitrogens is 1. The molecule has 9 rings (SSSR count). The fraction of sp³-hybridized carbons (Fsp3) is 0.512. The number of hydrogen-bond donors (Lipinski definition) is 2. The lowest BCUT2D eigenvalue weighted by Gasteiger charge is -2.43. The lowest BCUT2D eigenvalue weighted by Crippen LogP contribution is -3.02. The summed E-state index contributed by atoms with van der Waals surface area (Å²) in [4.78, 5) is 32.4. The van der Waals surface area contributed by atoms with Gasteiger partial charge >= 0.3 is 12.2 Å². The Hall–Kier alpha value is -5.01. The maximum Gasteiger partial charge on any atom is 0.406 e. The van der Waals surface area contributed by atoms with Crippen LogP contribution in [0.1, 0.15) is 37.7 Å². The van der Waals surface area contributed by atoms with E-state index < -0.39 is 36.2 Å². The van der Waals surface area contributed by atoms with Crippen LogP contribution < -0.4 is 19.7 Å². The number of anilines is 1. The Morgan fingerprint density at radius 1 is 1.05 bits per heavy atom. The van der Waals surface area contributed by atoms with Gasteiger partial charge in [-0.25, -0.2) is 13.8 Å². The molecule has 5 heterocycles. The zero-order valence-corrected chi connectivity index (χ0v) is 31.6. The van der Waals surface area contributed by atoms with Crippen molar-refractivity contribution < 1.29 is 46.6 Å². The molecular formula is C41H43F5N7O4+. The monoisotopic (exact) mass is 792 g/mol. The highest BCUT2D eigenvalue weighted by atomic mass is 19.4. The van der Waals surface area contributed by atoms with Crippen LogP contribution in [0.2, 0.25) is 0 Å². The Labute approximate surface area is 325 Å². The number of carbonyl (C=O) groups excluding carboxylic acids is 1. The molecule has 5 aliphatic rings. The average Bonchev–Trinajstić information content (AvgIpc) is 4.07. The molecule has 0 spiro atoms. The van der Waals surface area contributed by atoms with Crippen LogP contribution in [0.15, 0.2) is 24.3 Å². The quantitative estimate of drug-likeness (QED) is 0.177. The maximum absolute atomic E-state index is 17.3. The smallest absolute Gasteiger partial charge is 0.406 e. The zero-order chi connectivity index (χ0) is 40.0. The van der Waals surface area contributed by atoms with Gasteiger partial charge < -0.3 is 34.6 Å². The molecule has 2 saturated carbocycles. The van der Waals surface area contributed by atoms with Gasteiger partial charge in [-0.15, -0.1) is 6.42 Å². The summed E-state index contributed by atoms with van der Waals surface area (Å²) in [5.41, 5.74) is -0.608. The second kappa shape index (κ2) is 13.8. The predicted octanol–water partition coefficient (Wildman–Crippen LogP) is 4.48. The minimum absolute atomic E-state index is 0.0340. The van der Waals surface area contributed by atoms with Crippen LogP contribution in [0.4, 0.5) is 27.8 Å². The molecule has 5 fully saturated rings. The molecule has 4 unspecified atom stereocenters. The van der Waals surface area contributed by atoms with Crippen molar-refractivity contribution in [2.45, 2.75) is 50.4 Å². The van der Waals surface area contributed by atoms with E-state index in [0.29, 0.717) is 43.7 Å². The van der Waals surface area contributed by atoms with Gasteiger partial charge in [0.05, 0.1) is 32.4 Å². The van der Waals surface area contributed by atoms with Crippen molar-refractivity contribution in [3.8, 4) is 41.2 Å². The SMILES string of the molecule is C#Cc1c(F)ccc2cc(O)cc(-c3nc(OC)c4c(N5CC6CC(C(=O)N(C)CC(F)(F)F)CC(C5)[NH2+]6)nc(OCC5(CN6CC7CC7C6)CC5)nc4c3F)c12. The summed E-state index contributed by atoms with van der Waals surface area (Å²) < 4.78 is 84.0. The van der Waals surface area contributed by atoms with Crippen LogP contribution in [0.5, 0.6) is 17.6 Å². The normalized spacial score (nSPS) is 24.9. The summed E-state index contributed by atoms with van der Waals surface area (Å²) >= 11 is 0. The van der Waals surface area contributed by atoms with Gasteiger partial charge in [0.1, 0.15) is 52.6 Å². The van der Waals surface area contributed by atoms with Crippen LogP contribution in [-0.2, 0) is 4.79 Å². The van der Waals surface area contributed by atoms with E-state index in [-0.39, 0.29) is 68.2 Å². The molecule has 2 aromatic heterocycles. The summed E-state index contributed by atoms with van der Waals surface area (Å²) in [7, 11) is 2.55. The molecule has 1 amide bonds. The number of piperazine rings is 1. The van der Waals surface area contributed by atoms with Gasteiger partial charge in [0, 0.05) is 61.8 Å². The largest absolute Gasteiger partial charge is 0.508 e. The molecule has 2 bridgehead atoms. The van der Waals surface area contributed by atoms with Crippen LogP contribution in [0.3, 0.4) is 0 Å². The number of rotatable bonds is 10. The van der Waals surface area contributed by atoms with E-state index in [1.807, 2.05) is 4.90 Å². The fourth-order valence-electron chi connectivity index (χ4n) is 9.63. The van der Waals surface area contributed by atoms with Crippen LogP contribution >= 0.6 is 0 Å². The number of alkyl halides is 3. The number of likely N-dealkylation sites (tertiary alicyclic amines) is 1. The number of fused-ring (bicyclic) bond motifs is 5. The molecule has 3 saturated heterocycles.